The highest BCUT2D eigenvalue weighted by atomic mass is 16.1. The Balaban J connectivity index is 2.43. The van der Waals surface area contributed by atoms with Gasteiger partial charge in [0.25, 0.3) is 5.56 Å². The topological polar surface area (TPSA) is 46.9 Å². The Kier molecular flexibility index (Phi) is 1.83. The van der Waals surface area contributed by atoms with E-state index >= 15 is 0 Å². The Morgan fingerprint density at radius 3 is 3.25 bits per heavy atom. The third-order valence-corrected chi connectivity index (χ3v) is 2.82. The zero-order valence-corrected chi connectivity index (χ0v) is 8.73. The van der Waals surface area contributed by atoms with Crippen molar-refractivity contribution < 1.29 is 0 Å². The molecule has 1 aromatic heterocycles. The van der Waals surface area contributed by atoms with Gasteiger partial charge in [-0.25, -0.2) is 4.68 Å². The predicted octanol–water partition coefficient (Wildman–Crippen LogP) is 1.51. The first-order valence-electron chi connectivity index (χ1n) is 5.19. The highest BCUT2D eigenvalue weighted by Crippen LogP contribution is 2.28. The molecule has 1 aliphatic heterocycles. The van der Waals surface area contributed by atoms with Gasteiger partial charge in [-0.3, -0.25) is 4.79 Å². The summed E-state index contributed by atoms with van der Waals surface area (Å²) in [5.41, 5.74) is 1.09. The summed E-state index contributed by atoms with van der Waals surface area (Å²) in [6.07, 6.45) is 1.67. The van der Waals surface area contributed by atoms with Gasteiger partial charge in [0, 0.05) is 11.9 Å². The van der Waals surface area contributed by atoms with Crippen LogP contribution < -0.4 is 10.9 Å². The second-order valence-electron chi connectivity index (χ2n) is 3.82. The van der Waals surface area contributed by atoms with Crippen LogP contribution in [0.1, 0.15) is 5.56 Å². The zero-order valence-electron chi connectivity index (χ0n) is 8.73. The molecule has 0 atom stereocenters. The van der Waals surface area contributed by atoms with Crippen molar-refractivity contribution in [3.05, 3.63) is 46.8 Å². The van der Waals surface area contributed by atoms with Crippen LogP contribution >= 0.6 is 0 Å². The van der Waals surface area contributed by atoms with Crippen molar-refractivity contribution in [2.45, 2.75) is 13.1 Å². The molecule has 0 fully saturated rings. The molecular weight excluding hydrogens is 202 g/mol. The molecule has 0 unspecified atom stereocenters. The largest absolute Gasteiger partial charge is 0.364 e. The van der Waals surface area contributed by atoms with E-state index in [1.807, 2.05) is 18.2 Å². The molecule has 1 aromatic carbocycles. The number of benzene rings is 1. The normalized spacial score (nSPS) is 12.8. The highest BCUT2D eigenvalue weighted by molar-refractivity contribution is 5.96. The van der Waals surface area contributed by atoms with E-state index in [2.05, 4.69) is 17.0 Å². The lowest BCUT2D eigenvalue weighted by atomic mass is 10.1. The third-order valence-electron chi connectivity index (χ3n) is 2.82. The second-order valence-corrected chi connectivity index (χ2v) is 3.82. The van der Waals surface area contributed by atoms with E-state index in [1.54, 1.807) is 6.08 Å². The number of anilines is 1. The number of rotatable bonds is 2. The molecule has 1 aliphatic rings. The molecule has 4 heteroatoms. The molecule has 2 heterocycles. The van der Waals surface area contributed by atoms with Crippen LogP contribution in [0.25, 0.3) is 10.8 Å². The van der Waals surface area contributed by atoms with Crippen LogP contribution in [0.15, 0.2) is 35.6 Å². The van der Waals surface area contributed by atoms with Gasteiger partial charge >= 0.3 is 0 Å². The Morgan fingerprint density at radius 1 is 1.56 bits per heavy atom. The zero-order chi connectivity index (χ0) is 11.1. The number of nitrogens with one attached hydrogen (secondary N) is 1. The van der Waals surface area contributed by atoms with Crippen LogP contribution in [-0.2, 0) is 13.1 Å². The van der Waals surface area contributed by atoms with Crippen molar-refractivity contribution in [2.75, 3.05) is 5.32 Å². The van der Waals surface area contributed by atoms with Crippen molar-refractivity contribution in [3.63, 3.8) is 0 Å². The van der Waals surface area contributed by atoms with Gasteiger partial charge in [-0.15, -0.1) is 6.58 Å². The van der Waals surface area contributed by atoms with Crippen molar-refractivity contribution in [3.8, 4) is 0 Å². The summed E-state index contributed by atoms with van der Waals surface area (Å²) in [4.78, 5) is 12.1. The van der Waals surface area contributed by atoms with Gasteiger partial charge in [-0.1, -0.05) is 18.2 Å². The first kappa shape index (κ1) is 9.15. The monoisotopic (exact) mass is 213 g/mol. The fourth-order valence-corrected chi connectivity index (χ4v) is 2.11. The molecule has 0 radical (unpaired) electrons. The van der Waals surface area contributed by atoms with E-state index in [-0.39, 0.29) is 5.56 Å². The Morgan fingerprint density at radius 2 is 2.44 bits per heavy atom. The number of hydrogen-bond donors (Lipinski definition) is 1. The lowest BCUT2D eigenvalue weighted by molar-refractivity contribution is 0.665. The fraction of sp³-hybridized carbons (Fsp3) is 0.167. The standard InChI is InChI=1S/C12H11N3O/c1-2-6-15-12(16)9-5-3-4-8-7-13-11(14-15)10(8)9/h2-5H,1,6-7H2,(H,13,14). The molecule has 2 aromatic rings. The molecule has 0 amide bonds. The SMILES string of the molecule is C=CCn1nc2c3c(cccc3c1=O)CN2. The van der Waals surface area contributed by atoms with Crippen LogP contribution in [-0.4, -0.2) is 9.78 Å². The number of allylic oxidation sites excluding steroid dienone is 1. The third kappa shape index (κ3) is 1.10. The Labute approximate surface area is 92.2 Å². The molecule has 0 aliphatic carbocycles. The summed E-state index contributed by atoms with van der Waals surface area (Å²) < 4.78 is 1.44. The van der Waals surface area contributed by atoms with E-state index in [0.29, 0.717) is 6.54 Å². The molecule has 4 nitrogen and oxygen atoms in total. The molecule has 80 valence electrons. The molecule has 0 spiro atoms. The number of aromatic nitrogens is 2. The van der Waals surface area contributed by atoms with Crippen molar-refractivity contribution in [1.29, 1.82) is 0 Å². The first-order valence-corrected chi connectivity index (χ1v) is 5.19. The highest BCUT2D eigenvalue weighted by Gasteiger charge is 2.17. The molecule has 0 saturated carbocycles. The molecule has 0 bridgehead atoms. The van der Waals surface area contributed by atoms with Crippen molar-refractivity contribution in [2.24, 2.45) is 0 Å². The quantitative estimate of drug-likeness (QED) is 0.769. The maximum absolute atomic E-state index is 12.1. The summed E-state index contributed by atoms with van der Waals surface area (Å²) in [5, 5.41) is 9.17. The number of nitrogens with zero attached hydrogens (tertiary/aromatic N) is 2. The van der Waals surface area contributed by atoms with Gasteiger partial charge in [-0.2, -0.15) is 5.10 Å². The van der Waals surface area contributed by atoms with Crippen molar-refractivity contribution in [1.82, 2.24) is 9.78 Å². The Hall–Kier alpha value is -2.10. The van der Waals surface area contributed by atoms with Gasteiger partial charge in [0.2, 0.25) is 0 Å². The minimum atomic E-state index is -0.0517. The summed E-state index contributed by atoms with van der Waals surface area (Å²) >= 11 is 0. The van der Waals surface area contributed by atoms with Gasteiger partial charge in [-0.05, 0) is 11.6 Å². The summed E-state index contributed by atoms with van der Waals surface area (Å²) in [6.45, 7) is 4.81. The maximum atomic E-state index is 12.1. The lowest BCUT2D eigenvalue weighted by Crippen LogP contribution is -2.22. The van der Waals surface area contributed by atoms with Crippen LogP contribution in [0.2, 0.25) is 0 Å². The van der Waals surface area contributed by atoms with Crippen LogP contribution in [0.5, 0.6) is 0 Å². The van der Waals surface area contributed by atoms with Gasteiger partial charge in [0.1, 0.15) is 0 Å². The molecule has 3 rings (SSSR count). The summed E-state index contributed by atoms with van der Waals surface area (Å²) in [6, 6.07) is 5.78. The van der Waals surface area contributed by atoms with Crippen molar-refractivity contribution >= 4 is 16.6 Å². The predicted molar refractivity (Wildman–Crippen MR) is 63.5 cm³/mol. The second kappa shape index (κ2) is 3.20. The van der Waals surface area contributed by atoms with E-state index in [0.717, 1.165) is 28.7 Å². The Bertz CT molecular complexity index is 642. The van der Waals surface area contributed by atoms with Gasteiger partial charge < -0.3 is 5.32 Å². The minimum Gasteiger partial charge on any atom is -0.364 e. The molecule has 16 heavy (non-hydrogen) atoms. The van der Waals surface area contributed by atoms with E-state index < -0.39 is 0 Å². The van der Waals surface area contributed by atoms with E-state index in [9.17, 15) is 4.79 Å². The van der Waals surface area contributed by atoms with E-state index in [1.165, 1.54) is 4.68 Å². The average Bonchev–Trinajstić information content (AvgIpc) is 2.70. The molecule has 0 saturated heterocycles. The van der Waals surface area contributed by atoms with Crippen LogP contribution in [0, 0.1) is 0 Å². The lowest BCUT2D eigenvalue weighted by Gasteiger charge is -2.05. The summed E-state index contributed by atoms with van der Waals surface area (Å²) in [5.74, 6) is 0.798. The number of hydrogen-bond acceptors (Lipinski definition) is 3. The average molecular weight is 213 g/mol. The smallest absolute Gasteiger partial charge is 0.275 e. The fourth-order valence-electron chi connectivity index (χ4n) is 2.11. The summed E-state index contributed by atoms with van der Waals surface area (Å²) in [7, 11) is 0. The van der Waals surface area contributed by atoms with Gasteiger partial charge in [0.05, 0.1) is 11.9 Å². The van der Waals surface area contributed by atoms with E-state index in [4.69, 9.17) is 0 Å². The molecule has 1 N–H and O–H groups in total. The van der Waals surface area contributed by atoms with Gasteiger partial charge in [0.15, 0.2) is 5.82 Å². The van der Waals surface area contributed by atoms with Crippen LogP contribution in [0.4, 0.5) is 5.82 Å². The maximum Gasteiger partial charge on any atom is 0.275 e. The van der Waals surface area contributed by atoms with Crippen LogP contribution in [0.3, 0.4) is 0 Å². The first-order chi connectivity index (χ1) is 7.81. The minimum absolute atomic E-state index is 0.0517. The molecular formula is C12H11N3O.